The van der Waals surface area contributed by atoms with Crippen molar-refractivity contribution in [2.45, 2.75) is 38.8 Å². The molecule has 0 aliphatic carbocycles. The average Bonchev–Trinajstić information content (AvgIpc) is 2.11. The molecule has 4 heteroatoms. The Morgan fingerprint density at radius 2 is 1.50 bits per heavy atom. The molecule has 0 aliphatic heterocycles. The van der Waals surface area contributed by atoms with Crippen LogP contribution in [0.3, 0.4) is 0 Å². The zero-order chi connectivity index (χ0) is 12.3. The largest absolute Gasteiger partial charge is 0.328 e. The molecule has 90 valence electrons. The molecule has 0 aromatic heterocycles. The predicted molar refractivity (Wildman–Crippen MR) is 73.8 cm³/mol. The van der Waals surface area contributed by atoms with Gasteiger partial charge in [-0.05, 0) is 72.5 Å². The molecule has 0 bridgehead atoms. The van der Waals surface area contributed by atoms with Crippen molar-refractivity contribution in [3.8, 4) is 0 Å². The van der Waals surface area contributed by atoms with Crippen LogP contribution >= 0.6 is 22.6 Å². The van der Waals surface area contributed by atoms with Crippen molar-refractivity contribution in [3.63, 3.8) is 0 Å². The molecule has 0 saturated heterocycles. The van der Waals surface area contributed by atoms with Crippen LogP contribution in [0, 0.1) is 9.39 Å². The first-order valence-electron chi connectivity index (χ1n) is 5.38. The highest BCUT2D eigenvalue weighted by atomic mass is 127. The molecule has 2 atom stereocenters. The summed E-state index contributed by atoms with van der Waals surface area (Å²) in [5.41, 5.74) is 12.8. The standard InChI is InChI=1S/C12H18FIN2/c1-7(15)3-9-5-11(14)6-10(12(9)13)4-8(2)16/h5-8H,3-4,15-16H2,1-2H3. The van der Waals surface area contributed by atoms with Crippen molar-refractivity contribution >= 4 is 22.6 Å². The van der Waals surface area contributed by atoms with Crippen LogP contribution in [-0.2, 0) is 12.8 Å². The van der Waals surface area contributed by atoms with Gasteiger partial charge < -0.3 is 11.5 Å². The summed E-state index contributed by atoms with van der Waals surface area (Å²) in [7, 11) is 0. The highest BCUT2D eigenvalue weighted by Gasteiger charge is 2.12. The van der Waals surface area contributed by atoms with Gasteiger partial charge in [-0.3, -0.25) is 0 Å². The van der Waals surface area contributed by atoms with Crippen molar-refractivity contribution in [2.24, 2.45) is 11.5 Å². The van der Waals surface area contributed by atoms with Crippen molar-refractivity contribution < 1.29 is 4.39 Å². The maximum absolute atomic E-state index is 14.1. The highest BCUT2D eigenvalue weighted by molar-refractivity contribution is 14.1. The van der Waals surface area contributed by atoms with E-state index in [1.807, 2.05) is 26.0 Å². The van der Waals surface area contributed by atoms with Crippen molar-refractivity contribution in [3.05, 3.63) is 32.6 Å². The van der Waals surface area contributed by atoms with Crippen molar-refractivity contribution in [1.29, 1.82) is 0 Å². The summed E-state index contributed by atoms with van der Waals surface area (Å²) in [5, 5.41) is 0. The zero-order valence-electron chi connectivity index (χ0n) is 9.63. The predicted octanol–water partition coefficient (Wildman–Crippen LogP) is 2.21. The summed E-state index contributed by atoms with van der Waals surface area (Å²) in [6.45, 7) is 3.76. The van der Waals surface area contributed by atoms with Gasteiger partial charge in [-0.1, -0.05) is 0 Å². The summed E-state index contributed by atoms with van der Waals surface area (Å²) >= 11 is 2.19. The van der Waals surface area contributed by atoms with Gasteiger partial charge >= 0.3 is 0 Å². The summed E-state index contributed by atoms with van der Waals surface area (Å²) in [6, 6.07) is 3.64. The van der Waals surface area contributed by atoms with E-state index in [0.717, 1.165) is 3.57 Å². The van der Waals surface area contributed by atoms with Gasteiger partial charge in [0, 0.05) is 15.7 Å². The van der Waals surface area contributed by atoms with E-state index in [0.29, 0.717) is 24.0 Å². The van der Waals surface area contributed by atoms with Crippen LogP contribution in [0.2, 0.25) is 0 Å². The topological polar surface area (TPSA) is 52.0 Å². The van der Waals surface area contributed by atoms with Crippen LogP contribution in [0.15, 0.2) is 12.1 Å². The lowest BCUT2D eigenvalue weighted by atomic mass is 10.00. The van der Waals surface area contributed by atoms with Crippen molar-refractivity contribution in [1.82, 2.24) is 0 Å². The molecule has 1 rings (SSSR count). The minimum absolute atomic E-state index is 0.0316. The molecule has 1 aromatic carbocycles. The van der Waals surface area contributed by atoms with Gasteiger partial charge in [0.25, 0.3) is 0 Å². The normalized spacial score (nSPS) is 14.9. The van der Waals surface area contributed by atoms with Gasteiger partial charge in [0.1, 0.15) is 5.82 Å². The maximum atomic E-state index is 14.1. The van der Waals surface area contributed by atoms with E-state index < -0.39 is 0 Å². The molecule has 0 spiro atoms. The van der Waals surface area contributed by atoms with E-state index in [1.165, 1.54) is 0 Å². The molecule has 1 aromatic rings. The molecule has 4 N–H and O–H groups in total. The molecular weight excluding hydrogens is 318 g/mol. The molecule has 16 heavy (non-hydrogen) atoms. The van der Waals surface area contributed by atoms with E-state index in [1.54, 1.807) is 0 Å². The van der Waals surface area contributed by atoms with Gasteiger partial charge in [0.2, 0.25) is 0 Å². The van der Waals surface area contributed by atoms with Crippen LogP contribution in [0.25, 0.3) is 0 Å². The molecule has 0 radical (unpaired) electrons. The molecule has 0 aliphatic rings. The van der Waals surface area contributed by atoms with E-state index in [2.05, 4.69) is 22.6 Å². The van der Waals surface area contributed by atoms with E-state index >= 15 is 0 Å². The minimum Gasteiger partial charge on any atom is -0.328 e. The van der Waals surface area contributed by atoms with Crippen LogP contribution in [-0.4, -0.2) is 12.1 Å². The summed E-state index contributed by atoms with van der Waals surface area (Å²) in [5.74, 6) is -0.144. The number of benzene rings is 1. The number of rotatable bonds is 4. The molecule has 2 nitrogen and oxygen atoms in total. The Labute approximate surface area is 110 Å². The van der Waals surface area contributed by atoms with Crippen LogP contribution in [0.5, 0.6) is 0 Å². The Hall–Kier alpha value is -0.200. The molecular formula is C12H18FIN2. The maximum Gasteiger partial charge on any atom is 0.129 e. The summed E-state index contributed by atoms with van der Waals surface area (Å²) < 4.78 is 15.1. The molecule has 0 amide bonds. The van der Waals surface area contributed by atoms with Gasteiger partial charge in [0.15, 0.2) is 0 Å². The van der Waals surface area contributed by atoms with E-state index in [9.17, 15) is 4.39 Å². The lowest BCUT2D eigenvalue weighted by Gasteiger charge is -2.13. The Bertz CT molecular complexity index is 333. The van der Waals surface area contributed by atoms with E-state index in [4.69, 9.17) is 11.5 Å². The summed E-state index contributed by atoms with van der Waals surface area (Å²) in [6.07, 6.45) is 1.13. The average molecular weight is 336 g/mol. The fourth-order valence-electron chi connectivity index (χ4n) is 1.70. The third kappa shape index (κ3) is 3.99. The third-order valence-electron chi connectivity index (χ3n) is 2.27. The quantitative estimate of drug-likeness (QED) is 0.829. The fraction of sp³-hybridized carbons (Fsp3) is 0.500. The number of hydrogen-bond donors (Lipinski definition) is 2. The zero-order valence-corrected chi connectivity index (χ0v) is 11.8. The van der Waals surface area contributed by atoms with Crippen LogP contribution < -0.4 is 11.5 Å². The van der Waals surface area contributed by atoms with Crippen molar-refractivity contribution in [2.75, 3.05) is 0 Å². The monoisotopic (exact) mass is 336 g/mol. The number of hydrogen-bond acceptors (Lipinski definition) is 2. The second-order valence-corrected chi connectivity index (χ2v) is 5.65. The Balaban J connectivity index is 3.05. The second-order valence-electron chi connectivity index (χ2n) is 4.40. The van der Waals surface area contributed by atoms with Gasteiger partial charge in [0.05, 0.1) is 0 Å². The lowest BCUT2D eigenvalue weighted by molar-refractivity contribution is 0.570. The van der Waals surface area contributed by atoms with Gasteiger partial charge in [-0.2, -0.15) is 0 Å². The Morgan fingerprint density at radius 1 is 1.12 bits per heavy atom. The summed E-state index contributed by atoms with van der Waals surface area (Å²) in [4.78, 5) is 0. The van der Waals surface area contributed by atoms with E-state index in [-0.39, 0.29) is 17.9 Å². The van der Waals surface area contributed by atoms with Gasteiger partial charge in [-0.25, -0.2) is 4.39 Å². The Kier molecular flexibility index (Phi) is 5.14. The van der Waals surface area contributed by atoms with Crippen LogP contribution in [0.1, 0.15) is 25.0 Å². The van der Waals surface area contributed by atoms with Crippen LogP contribution in [0.4, 0.5) is 4.39 Å². The Morgan fingerprint density at radius 3 is 1.81 bits per heavy atom. The first-order valence-corrected chi connectivity index (χ1v) is 6.46. The third-order valence-corrected chi connectivity index (χ3v) is 2.89. The lowest BCUT2D eigenvalue weighted by Crippen LogP contribution is -2.21. The molecule has 0 heterocycles. The number of nitrogens with two attached hydrogens (primary N) is 2. The molecule has 2 unspecified atom stereocenters. The second kappa shape index (κ2) is 5.93. The first kappa shape index (κ1) is 13.9. The number of halogens is 2. The highest BCUT2D eigenvalue weighted by Crippen LogP contribution is 2.20. The SMILES string of the molecule is CC(N)Cc1cc(I)cc(CC(C)N)c1F. The minimum atomic E-state index is -0.144. The molecule has 0 saturated carbocycles. The fourth-order valence-corrected chi connectivity index (χ4v) is 2.45. The van der Waals surface area contributed by atoms with Gasteiger partial charge in [-0.15, -0.1) is 0 Å². The molecule has 0 fully saturated rings. The first-order chi connectivity index (χ1) is 7.40. The smallest absolute Gasteiger partial charge is 0.129 e.